The third-order valence-electron chi connectivity index (χ3n) is 2.09. The van der Waals surface area contributed by atoms with Crippen molar-refractivity contribution < 1.29 is 13.5 Å². The van der Waals surface area contributed by atoms with Gasteiger partial charge < -0.3 is 4.74 Å². The maximum absolute atomic E-state index is 13.4. The van der Waals surface area contributed by atoms with Gasteiger partial charge in [-0.05, 0) is 6.07 Å². The van der Waals surface area contributed by atoms with Crippen molar-refractivity contribution in [1.29, 1.82) is 0 Å². The second-order valence-corrected chi connectivity index (χ2v) is 3.09. The molecule has 16 heavy (non-hydrogen) atoms. The van der Waals surface area contributed by atoms with E-state index in [1.54, 1.807) is 0 Å². The van der Waals surface area contributed by atoms with Crippen LogP contribution in [0.15, 0.2) is 30.9 Å². The average Bonchev–Trinajstić information content (AvgIpc) is 2.29. The molecule has 82 valence electrons. The minimum absolute atomic E-state index is 0.151. The fourth-order valence-electron chi connectivity index (χ4n) is 1.35. The summed E-state index contributed by atoms with van der Waals surface area (Å²) in [7, 11) is 1.46. The number of ether oxygens (including phenoxy) is 1. The minimum atomic E-state index is -0.727. The molecule has 5 heteroatoms. The lowest BCUT2D eigenvalue weighted by Gasteiger charge is -2.05. The van der Waals surface area contributed by atoms with Gasteiger partial charge >= 0.3 is 0 Å². The summed E-state index contributed by atoms with van der Waals surface area (Å²) in [5, 5.41) is 0. The number of hydrogen-bond acceptors (Lipinski definition) is 3. The van der Waals surface area contributed by atoms with Crippen LogP contribution in [-0.4, -0.2) is 17.1 Å². The van der Waals surface area contributed by atoms with Gasteiger partial charge in [0.2, 0.25) is 0 Å². The minimum Gasteiger partial charge on any atom is -0.495 e. The van der Waals surface area contributed by atoms with E-state index < -0.39 is 11.6 Å². The lowest BCUT2D eigenvalue weighted by Crippen LogP contribution is -1.93. The van der Waals surface area contributed by atoms with Crippen LogP contribution in [0.3, 0.4) is 0 Å². The molecule has 2 rings (SSSR count). The fraction of sp³-hybridized carbons (Fsp3) is 0.0909. The van der Waals surface area contributed by atoms with E-state index in [9.17, 15) is 8.78 Å². The molecule has 0 N–H and O–H groups in total. The normalized spacial score (nSPS) is 10.2. The quantitative estimate of drug-likeness (QED) is 0.782. The molecule has 0 aliphatic carbocycles. The Labute approximate surface area is 90.7 Å². The van der Waals surface area contributed by atoms with Crippen LogP contribution in [0.1, 0.15) is 0 Å². The Balaban J connectivity index is 2.58. The van der Waals surface area contributed by atoms with Gasteiger partial charge in [0, 0.05) is 11.8 Å². The standard InChI is InChI=1S/C11H8F2N2O/c1-16-8-2-7(3-14-4-8)11-9(12)5-15-6-10(11)13/h2-6H,1H3. The second kappa shape index (κ2) is 4.22. The van der Waals surface area contributed by atoms with Gasteiger partial charge in [-0.1, -0.05) is 0 Å². The average molecular weight is 222 g/mol. The Hall–Kier alpha value is -2.04. The monoisotopic (exact) mass is 222 g/mol. The Morgan fingerprint density at radius 3 is 2.25 bits per heavy atom. The Morgan fingerprint density at radius 2 is 1.62 bits per heavy atom. The third-order valence-corrected chi connectivity index (χ3v) is 2.09. The summed E-state index contributed by atoms with van der Waals surface area (Å²) in [6.07, 6.45) is 4.74. The molecule has 0 unspecified atom stereocenters. The molecule has 2 aromatic rings. The number of rotatable bonds is 2. The SMILES string of the molecule is COc1cncc(-c2c(F)cncc2F)c1. The van der Waals surface area contributed by atoms with E-state index in [1.807, 2.05) is 0 Å². The van der Waals surface area contributed by atoms with E-state index in [-0.39, 0.29) is 5.56 Å². The maximum atomic E-state index is 13.4. The molecule has 0 aliphatic rings. The highest BCUT2D eigenvalue weighted by Gasteiger charge is 2.12. The lowest BCUT2D eigenvalue weighted by molar-refractivity contribution is 0.413. The highest BCUT2D eigenvalue weighted by molar-refractivity contribution is 5.64. The van der Waals surface area contributed by atoms with Crippen LogP contribution >= 0.6 is 0 Å². The Morgan fingerprint density at radius 1 is 1.00 bits per heavy atom. The molecular formula is C11H8F2N2O. The summed E-state index contributed by atoms with van der Waals surface area (Å²) in [6.45, 7) is 0. The van der Waals surface area contributed by atoms with Crippen LogP contribution in [0, 0.1) is 11.6 Å². The summed E-state index contributed by atoms with van der Waals surface area (Å²) in [5.41, 5.74) is 0.165. The number of nitrogens with zero attached hydrogens (tertiary/aromatic N) is 2. The van der Waals surface area contributed by atoms with Crippen LogP contribution in [0.2, 0.25) is 0 Å². The second-order valence-electron chi connectivity index (χ2n) is 3.09. The first-order valence-electron chi connectivity index (χ1n) is 4.51. The van der Waals surface area contributed by atoms with Gasteiger partial charge in [-0.2, -0.15) is 0 Å². The summed E-state index contributed by atoms with van der Waals surface area (Å²) in [6, 6.07) is 1.51. The number of methoxy groups -OCH3 is 1. The molecule has 0 amide bonds. The molecule has 0 aromatic carbocycles. The smallest absolute Gasteiger partial charge is 0.152 e. The van der Waals surface area contributed by atoms with E-state index in [1.165, 1.54) is 25.6 Å². The van der Waals surface area contributed by atoms with E-state index in [2.05, 4.69) is 9.97 Å². The first-order valence-corrected chi connectivity index (χ1v) is 4.51. The molecule has 2 aromatic heterocycles. The van der Waals surface area contributed by atoms with E-state index >= 15 is 0 Å². The molecule has 0 aliphatic heterocycles. The van der Waals surface area contributed by atoms with Crippen molar-refractivity contribution in [2.45, 2.75) is 0 Å². The van der Waals surface area contributed by atoms with Gasteiger partial charge in [-0.15, -0.1) is 0 Å². The van der Waals surface area contributed by atoms with Crippen LogP contribution in [-0.2, 0) is 0 Å². The zero-order valence-electron chi connectivity index (χ0n) is 8.45. The predicted molar refractivity (Wildman–Crippen MR) is 53.9 cm³/mol. The van der Waals surface area contributed by atoms with Gasteiger partial charge in [0.1, 0.15) is 5.75 Å². The molecule has 3 nitrogen and oxygen atoms in total. The van der Waals surface area contributed by atoms with Gasteiger partial charge in [-0.3, -0.25) is 9.97 Å². The van der Waals surface area contributed by atoms with Crippen molar-refractivity contribution in [3.8, 4) is 16.9 Å². The summed E-state index contributed by atoms with van der Waals surface area (Å²) in [4.78, 5) is 7.25. The highest BCUT2D eigenvalue weighted by Crippen LogP contribution is 2.26. The molecule has 0 saturated heterocycles. The predicted octanol–water partition coefficient (Wildman–Crippen LogP) is 2.43. The lowest BCUT2D eigenvalue weighted by atomic mass is 10.1. The first-order chi connectivity index (χ1) is 7.72. The molecule has 0 saturated carbocycles. The largest absolute Gasteiger partial charge is 0.495 e. The van der Waals surface area contributed by atoms with Gasteiger partial charge in [-0.25, -0.2) is 8.78 Å². The number of hydrogen-bond donors (Lipinski definition) is 0. The highest BCUT2D eigenvalue weighted by atomic mass is 19.1. The number of aromatic nitrogens is 2. The van der Waals surface area contributed by atoms with Crippen molar-refractivity contribution in [3.05, 3.63) is 42.5 Å². The third kappa shape index (κ3) is 1.84. The number of halogens is 2. The van der Waals surface area contributed by atoms with Crippen LogP contribution < -0.4 is 4.74 Å². The zero-order chi connectivity index (χ0) is 11.5. The maximum Gasteiger partial charge on any atom is 0.152 e. The van der Waals surface area contributed by atoms with Gasteiger partial charge in [0.15, 0.2) is 11.6 Å². The molecule has 2 heterocycles. The van der Waals surface area contributed by atoms with E-state index in [0.29, 0.717) is 11.3 Å². The van der Waals surface area contributed by atoms with Crippen LogP contribution in [0.4, 0.5) is 8.78 Å². The summed E-state index contributed by atoms with van der Waals surface area (Å²) in [5.74, 6) is -1.02. The molecule has 0 fully saturated rings. The molecular weight excluding hydrogens is 214 g/mol. The van der Waals surface area contributed by atoms with Gasteiger partial charge in [0.05, 0.1) is 31.3 Å². The van der Waals surface area contributed by atoms with Crippen molar-refractivity contribution in [1.82, 2.24) is 9.97 Å². The molecule has 0 bridgehead atoms. The topological polar surface area (TPSA) is 35.0 Å². The Kier molecular flexibility index (Phi) is 2.76. The van der Waals surface area contributed by atoms with Crippen molar-refractivity contribution in [3.63, 3.8) is 0 Å². The van der Waals surface area contributed by atoms with Crippen LogP contribution in [0.5, 0.6) is 5.75 Å². The van der Waals surface area contributed by atoms with E-state index in [4.69, 9.17) is 4.74 Å². The molecule has 0 atom stereocenters. The summed E-state index contributed by atoms with van der Waals surface area (Å²) < 4.78 is 31.7. The summed E-state index contributed by atoms with van der Waals surface area (Å²) >= 11 is 0. The molecule has 0 spiro atoms. The van der Waals surface area contributed by atoms with Crippen molar-refractivity contribution >= 4 is 0 Å². The van der Waals surface area contributed by atoms with Crippen molar-refractivity contribution in [2.75, 3.05) is 7.11 Å². The molecule has 0 radical (unpaired) electrons. The first kappa shape index (κ1) is 10.5. The van der Waals surface area contributed by atoms with Crippen molar-refractivity contribution in [2.24, 2.45) is 0 Å². The number of pyridine rings is 2. The Bertz CT molecular complexity index is 497. The zero-order valence-corrected chi connectivity index (χ0v) is 8.45. The van der Waals surface area contributed by atoms with Crippen LogP contribution in [0.25, 0.3) is 11.1 Å². The van der Waals surface area contributed by atoms with Gasteiger partial charge in [0.25, 0.3) is 0 Å². The van der Waals surface area contributed by atoms with E-state index in [0.717, 1.165) is 12.4 Å². The fourth-order valence-corrected chi connectivity index (χ4v) is 1.35.